The molecule has 1 aromatic carbocycles. The van der Waals surface area contributed by atoms with Crippen LogP contribution in [0, 0.1) is 13.8 Å². The van der Waals surface area contributed by atoms with Gasteiger partial charge in [-0.3, -0.25) is 13.9 Å². The van der Waals surface area contributed by atoms with Crippen LogP contribution in [-0.4, -0.2) is 9.13 Å². The molecule has 0 bridgehead atoms. The van der Waals surface area contributed by atoms with Crippen LogP contribution in [0.4, 0.5) is 0 Å². The Morgan fingerprint density at radius 2 is 1.55 bits per heavy atom. The first-order chi connectivity index (χ1) is 9.38. The molecule has 2 rings (SSSR count). The molecule has 0 radical (unpaired) electrons. The highest BCUT2D eigenvalue weighted by molar-refractivity contribution is 5.33. The minimum absolute atomic E-state index is 0.185. The van der Waals surface area contributed by atoms with Gasteiger partial charge >= 0.3 is 5.69 Å². The summed E-state index contributed by atoms with van der Waals surface area (Å²) in [6, 6.07) is 7.32. The molecule has 0 N–H and O–H groups in total. The van der Waals surface area contributed by atoms with E-state index < -0.39 is 0 Å². The smallest absolute Gasteiger partial charge is 0.330 e. The molecule has 0 aliphatic carbocycles. The van der Waals surface area contributed by atoms with Crippen molar-refractivity contribution >= 4 is 0 Å². The van der Waals surface area contributed by atoms with Gasteiger partial charge < -0.3 is 4.74 Å². The molecule has 0 amide bonds. The van der Waals surface area contributed by atoms with Crippen molar-refractivity contribution in [1.29, 1.82) is 0 Å². The third-order valence-electron chi connectivity index (χ3n) is 3.21. The topological polar surface area (TPSA) is 53.2 Å². The number of hydrogen-bond acceptors (Lipinski definition) is 3. The predicted molar refractivity (Wildman–Crippen MR) is 77.2 cm³/mol. The molecular weight excluding hydrogens is 256 g/mol. The number of ether oxygens (including phenoxy) is 1. The highest BCUT2D eigenvalue weighted by atomic mass is 16.5. The Balaban J connectivity index is 2.28. The zero-order valence-electron chi connectivity index (χ0n) is 12.1. The lowest BCUT2D eigenvalue weighted by Crippen LogP contribution is -2.38. The number of nitrogens with zero attached hydrogens (tertiary/aromatic N) is 2. The highest BCUT2D eigenvalue weighted by Gasteiger charge is 2.06. The van der Waals surface area contributed by atoms with Crippen molar-refractivity contribution in [3.8, 4) is 5.75 Å². The fraction of sp³-hybridized carbons (Fsp3) is 0.333. The molecule has 1 aromatic heterocycles. The Morgan fingerprint density at radius 3 is 2.15 bits per heavy atom. The molecule has 2 aromatic rings. The number of benzene rings is 1. The van der Waals surface area contributed by atoms with Gasteiger partial charge in [0.2, 0.25) is 0 Å². The molecule has 0 aliphatic rings. The summed E-state index contributed by atoms with van der Waals surface area (Å²) in [6.07, 6.45) is 0. The van der Waals surface area contributed by atoms with Crippen molar-refractivity contribution in [2.45, 2.75) is 20.5 Å². The molecule has 0 saturated heterocycles. The fourth-order valence-corrected chi connectivity index (χ4v) is 2.09. The maximum atomic E-state index is 11.8. The number of aromatic nitrogens is 2. The Morgan fingerprint density at radius 1 is 0.950 bits per heavy atom. The summed E-state index contributed by atoms with van der Waals surface area (Å²) >= 11 is 0. The van der Waals surface area contributed by atoms with Crippen LogP contribution >= 0.6 is 0 Å². The lowest BCUT2D eigenvalue weighted by molar-refractivity contribution is 0.293. The molecule has 0 unspecified atom stereocenters. The van der Waals surface area contributed by atoms with Gasteiger partial charge in [-0.15, -0.1) is 0 Å². The molecule has 20 heavy (non-hydrogen) atoms. The summed E-state index contributed by atoms with van der Waals surface area (Å²) in [7, 11) is 3.08. The Kier molecular flexibility index (Phi) is 3.79. The van der Waals surface area contributed by atoms with Gasteiger partial charge in [0.1, 0.15) is 12.4 Å². The van der Waals surface area contributed by atoms with Gasteiger partial charge in [0.05, 0.1) is 5.69 Å². The van der Waals surface area contributed by atoms with Crippen molar-refractivity contribution in [3.05, 3.63) is 61.9 Å². The summed E-state index contributed by atoms with van der Waals surface area (Å²) in [5.74, 6) is 0.732. The molecule has 0 fully saturated rings. The van der Waals surface area contributed by atoms with E-state index in [2.05, 4.69) is 6.07 Å². The van der Waals surface area contributed by atoms with Crippen molar-refractivity contribution in [2.24, 2.45) is 14.1 Å². The Bertz CT molecular complexity index is 736. The first-order valence-corrected chi connectivity index (χ1v) is 6.35. The van der Waals surface area contributed by atoms with Crippen LogP contribution in [0.2, 0.25) is 0 Å². The maximum Gasteiger partial charge on any atom is 0.330 e. The molecule has 1 heterocycles. The molecule has 0 atom stereocenters. The minimum atomic E-state index is -0.350. The highest BCUT2D eigenvalue weighted by Crippen LogP contribution is 2.17. The second-order valence-electron chi connectivity index (χ2n) is 4.99. The van der Waals surface area contributed by atoms with E-state index in [-0.39, 0.29) is 17.9 Å². The van der Waals surface area contributed by atoms with Crippen LogP contribution in [0.15, 0.2) is 33.9 Å². The van der Waals surface area contributed by atoms with Crippen LogP contribution in [0.3, 0.4) is 0 Å². The van der Waals surface area contributed by atoms with Crippen molar-refractivity contribution < 1.29 is 4.74 Å². The van der Waals surface area contributed by atoms with Gasteiger partial charge in [-0.2, -0.15) is 0 Å². The third-order valence-corrected chi connectivity index (χ3v) is 3.21. The fourth-order valence-electron chi connectivity index (χ4n) is 2.09. The quantitative estimate of drug-likeness (QED) is 0.847. The number of rotatable bonds is 3. The zero-order chi connectivity index (χ0) is 14.9. The van der Waals surface area contributed by atoms with Crippen molar-refractivity contribution in [3.63, 3.8) is 0 Å². The van der Waals surface area contributed by atoms with Crippen molar-refractivity contribution in [2.75, 3.05) is 0 Å². The Hall–Kier alpha value is -2.30. The standard InChI is InChI=1S/C15H18N2O3/c1-10-5-11(2)7-13(6-10)20-9-12-8-14(18)17(4)15(19)16(12)3/h5-8H,9H2,1-4H3. The zero-order valence-corrected chi connectivity index (χ0v) is 12.1. The van der Waals surface area contributed by atoms with Gasteiger partial charge in [-0.25, -0.2) is 4.79 Å². The molecule has 5 nitrogen and oxygen atoms in total. The molecule has 0 saturated carbocycles. The maximum absolute atomic E-state index is 11.8. The average molecular weight is 274 g/mol. The SMILES string of the molecule is Cc1cc(C)cc(OCc2cc(=O)n(C)c(=O)n2C)c1. The third kappa shape index (κ3) is 2.82. The van der Waals surface area contributed by atoms with Gasteiger partial charge in [0.25, 0.3) is 5.56 Å². The van der Waals surface area contributed by atoms with Crippen LogP contribution in [-0.2, 0) is 20.7 Å². The van der Waals surface area contributed by atoms with E-state index >= 15 is 0 Å². The molecule has 5 heteroatoms. The van der Waals surface area contributed by atoms with E-state index in [1.807, 2.05) is 26.0 Å². The summed E-state index contributed by atoms with van der Waals surface area (Å²) < 4.78 is 8.17. The van der Waals surface area contributed by atoms with Gasteiger partial charge in [-0.1, -0.05) is 6.07 Å². The van der Waals surface area contributed by atoms with Gasteiger partial charge in [-0.05, 0) is 37.1 Å². The van der Waals surface area contributed by atoms with E-state index in [0.29, 0.717) is 5.69 Å². The van der Waals surface area contributed by atoms with Crippen LogP contribution in [0.25, 0.3) is 0 Å². The second kappa shape index (κ2) is 5.36. The number of aryl methyl sites for hydroxylation is 2. The molecular formula is C15H18N2O3. The first-order valence-electron chi connectivity index (χ1n) is 6.35. The largest absolute Gasteiger partial charge is 0.487 e. The summed E-state index contributed by atoms with van der Waals surface area (Å²) in [5, 5.41) is 0. The predicted octanol–water partition coefficient (Wildman–Crippen LogP) is 1.28. The minimum Gasteiger partial charge on any atom is -0.487 e. The van der Waals surface area contributed by atoms with E-state index in [4.69, 9.17) is 4.74 Å². The van der Waals surface area contributed by atoms with E-state index in [9.17, 15) is 9.59 Å². The van der Waals surface area contributed by atoms with Crippen molar-refractivity contribution in [1.82, 2.24) is 9.13 Å². The number of hydrogen-bond donors (Lipinski definition) is 0. The molecule has 0 aliphatic heterocycles. The lowest BCUT2D eigenvalue weighted by Gasteiger charge is -2.11. The van der Waals surface area contributed by atoms with Crippen LogP contribution in [0.5, 0.6) is 5.75 Å². The van der Waals surface area contributed by atoms with E-state index in [1.165, 1.54) is 17.7 Å². The van der Waals surface area contributed by atoms with Crippen LogP contribution in [0.1, 0.15) is 16.8 Å². The second-order valence-corrected chi connectivity index (χ2v) is 4.99. The lowest BCUT2D eigenvalue weighted by atomic mass is 10.1. The normalized spacial score (nSPS) is 10.6. The van der Waals surface area contributed by atoms with E-state index in [1.54, 1.807) is 7.05 Å². The molecule has 0 spiro atoms. The van der Waals surface area contributed by atoms with Gasteiger partial charge in [0, 0.05) is 20.2 Å². The average Bonchev–Trinajstić information content (AvgIpc) is 2.38. The summed E-state index contributed by atoms with van der Waals surface area (Å²) in [4.78, 5) is 23.4. The summed E-state index contributed by atoms with van der Waals surface area (Å²) in [5.41, 5.74) is 2.09. The molecule has 106 valence electrons. The Labute approximate surface area is 117 Å². The van der Waals surface area contributed by atoms with Gasteiger partial charge in [0.15, 0.2) is 0 Å². The first kappa shape index (κ1) is 14.1. The monoisotopic (exact) mass is 274 g/mol. The summed E-state index contributed by atoms with van der Waals surface area (Å²) in [6.45, 7) is 4.17. The van der Waals surface area contributed by atoms with E-state index in [0.717, 1.165) is 21.4 Å². The van der Waals surface area contributed by atoms with Crippen LogP contribution < -0.4 is 16.0 Å².